The van der Waals surface area contributed by atoms with Gasteiger partial charge in [-0.1, -0.05) is 6.92 Å². The molecule has 182 valence electrons. The maximum atomic E-state index is 13.7. The number of alkyl halides is 2. The Hall–Kier alpha value is -2.33. The predicted octanol–water partition coefficient (Wildman–Crippen LogP) is 1.54. The van der Waals surface area contributed by atoms with Gasteiger partial charge in [0.1, 0.15) is 11.4 Å². The van der Waals surface area contributed by atoms with E-state index in [-0.39, 0.29) is 29.4 Å². The number of fused-ring (bicyclic) bond motifs is 1. The molecule has 1 aromatic heterocycles. The van der Waals surface area contributed by atoms with Gasteiger partial charge in [0.25, 0.3) is 12.3 Å². The molecule has 1 saturated carbocycles. The number of rotatable bonds is 6. The molecule has 3 heterocycles. The first-order chi connectivity index (χ1) is 15.9. The second-order valence-corrected chi connectivity index (χ2v) is 9.30. The molecule has 3 fully saturated rings. The molecule has 4 atom stereocenters. The Balaban J connectivity index is 1.32. The minimum absolute atomic E-state index is 0.000315. The van der Waals surface area contributed by atoms with Crippen molar-refractivity contribution in [1.29, 1.82) is 0 Å². The molecule has 0 radical (unpaired) electrons. The second-order valence-electron chi connectivity index (χ2n) is 9.30. The fraction of sp³-hybridized carbons (Fsp3) is 0.696. The van der Waals surface area contributed by atoms with Crippen molar-refractivity contribution >= 4 is 17.5 Å². The number of carbonyl (C=O) groups is 2. The summed E-state index contributed by atoms with van der Waals surface area (Å²) in [5.41, 5.74) is 0.0633. The average molecular weight is 465 g/mol. The third kappa shape index (κ3) is 5.27. The van der Waals surface area contributed by atoms with Gasteiger partial charge in [0.05, 0.1) is 11.7 Å². The molecule has 0 bridgehead atoms. The minimum Gasteiger partial charge on any atom is -0.367 e. The van der Waals surface area contributed by atoms with Crippen LogP contribution in [-0.2, 0) is 4.79 Å². The number of anilines is 1. The van der Waals surface area contributed by atoms with Crippen molar-refractivity contribution in [2.75, 3.05) is 44.7 Å². The van der Waals surface area contributed by atoms with E-state index in [2.05, 4.69) is 25.8 Å². The van der Waals surface area contributed by atoms with Crippen LogP contribution in [0.1, 0.15) is 55.2 Å². The lowest BCUT2D eigenvalue weighted by Crippen LogP contribution is -2.65. The summed E-state index contributed by atoms with van der Waals surface area (Å²) in [6.45, 7) is 5.82. The molecule has 10 heteroatoms. The van der Waals surface area contributed by atoms with Gasteiger partial charge in [0.15, 0.2) is 0 Å². The standard InChI is InChI=1S/C23H34F2N6O2/c1-3-15-23(33)29-18-12-14(4-5-16(18)27-15)13-30-8-10-31(11-9-30)19-7-6-17(22(32)26-2)28-20(19)21(24)25/h6-7,14-16,18,21,27H,3-5,8-13H2,1-2H3,(H,26,32)(H,29,33). The van der Waals surface area contributed by atoms with Crippen molar-refractivity contribution in [2.45, 2.75) is 57.2 Å². The number of nitrogens with one attached hydrogen (secondary N) is 3. The number of halogens is 2. The lowest BCUT2D eigenvalue weighted by molar-refractivity contribution is -0.127. The molecule has 4 rings (SSSR count). The van der Waals surface area contributed by atoms with E-state index in [1.807, 2.05) is 11.8 Å². The van der Waals surface area contributed by atoms with E-state index in [1.54, 1.807) is 6.07 Å². The predicted molar refractivity (Wildman–Crippen MR) is 122 cm³/mol. The molecule has 3 aliphatic rings. The van der Waals surface area contributed by atoms with Crippen molar-refractivity contribution in [2.24, 2.45) is 5.92 Å². The van der Waals surface area contributed by atoms with Gasteiger partial charge in [-0.2, -0.15) is 0 Å². The number of hydrogen-bond acceptors (Lipinski definition) is 6. The summed E-state index contributed by atoms with van der Waals surface area (Å²) >= 11 is 0. The smallest absolute Gasteiger partial charge is 0.282 e. The lowest BCUT2D eigenvalue weighted by Gasteiger charge is -2.44. The third-order valence-electron chi connectivity index (χ3n) is 7.22. The van der Waals surface area contributed by atoms with Gasteiger partial charge in [0, 0.05) is 51.9 Å². The van der Waals surface area contributed by atoms with Crippen molar-refractivity contribution < 1.29 is 18.4 Å². The van der Waals surface area contributed by atoms with E-state index in [1.165, 1.54) is 13.1 Å². The number of nitrogens with zero attached hydrogens (tertiary/aromatic N) is 3. The van der Waals surface area contributed by atoms with Crippen molar-refractivity contribution in [1.82, 2.24) is 25.8 Å². The van der Waals surface area contributed by atoms with Crippen LogP contribution in [0.5, 0.6) is 0 Å². The van der Waals surface area contributed by atoms with E-state index < -0.39 is 12.3 Å². The van der Waals surface area contributed by atoms with E-state index in [9.17, 15) is 18.4 Å². The van der Waals surface area contributed by atoms with Gasteiger partial charge in [-0.05, 0) is 43.7 Å². The molecular weight excluding hydrogens is 430 g/mol. The molecule has 33 heavy (non-hydrogen) atoms. The zero-order chi connectivity index (χ0) is 23.5. The highest BCUT2D eigenvalue weighted by Crippen LogP contribution is 2.31. The Labute approximate surface area is 193 Å². The highest BCUT2D eigenvalue weighted by Gasteiger charge is 2.38. The van der Waals surface area contributed by atoms with E-state index in [4.69, 9.17) is 0 Å². The molecule has 0 spiro atoms. The van der Waals surface area contributed by atoms with Crippen LogP contribution in [0, 0.1) is 5.92 Å². The number of piperazine rings is 2. The number of pyridine rings is 1. The summed E-state index contributed by atoms with van der Waals surface area (Å²) in [6.07, 6.45) is 1.22. The molecule has 2 saturated heterocycles. The average Bonchev–Trinajstić information content (AvgIpc) is 2.83. The zero-order valence-corrected chi connectivity index (χ0v) is 19.3. The van der Waals surface area contributed by atoms with Crippen molar-refractivity contribution in [3.63, 3.8) is 0 Å². The van der Waals surface area contributed by atoms with Crippen LogP contribution < -0.4 is 20.9 Å². The van der Waals surface area contributed by atoms with Gasteiger partial charge in [-0.15, -0.1) is 0 Å². The summed E-state index contributed by atoms with van der Waals surface area (Å²) in [5, 5.41) is 9.14. The van der Waals surface area contributed by atoms with E-state index >= 15 is 0 Å². The third-order valence-corrected chi connectivity index (χ3v) is 7.22. The van der Waals surface area contributed by atoms with Crippen LogP contribution in [0.25, 0.3) is 0 Å². The Morgan fingerprint density at radius 1 is 1.21 bits per heavy atom. The first-order valence-corrected chi connectivity index (χ1v) is 11.9. The molecule has 8 nitrogen and oxygen atoms in total. The van der Waals surface area contributed by atoms with Crippen molar-refractivity contribution in [3.05, 3.63) is 23.5 Å². The maximum absolute atomic E-state index is 13.7. The van der Waals surface area contributed by atoms with Gasteiger partial charge >= 0.3 is 0 Å². The van der Waals surface area contributed by atoms with Crippen LogP contribution >= 0.6 is 0 Å². The summed E-state index contributed by atoms with van der Waals surface area (Å²) in [7, 11) is 1.45. The van der Waals surface area contributed by atoms with E-state index in [0.29, 0.717) is 30.7 Å². The zero-order valence-electron chi connectivity index (χ0n) is 19.3. The minimum atomic E-state index is -2.75. The number of amides is 2. The van der Waals surface area contributed by atoms with Gasteiger partial charge in [-0.3, -0.25) is 14.5 Å². The van der Waals surface area contributed by atoms with Crippen molar-refractivity contribution in [3.8, 4) is 0 Å². The summed E-state index contributed by atoms with van der Waals surface area (Å²) in [6, 6.07) is 3.56. The Bertz CT molecular complexity index is 861. The normalized spacial score (nSPS) is 28.4. The molecule has 2 amide bonds. The van der Waals surface area contributed by atoms with Gasteiger partial charge in [0.2, 0.25) is 5.91 Å². The lowest BCUT2D eigenvalue weighted by atomic mass is 9.80. The molecule has 4 unspecified atom stereocenters. The fourth-order valence-corrected chi connectivity index (χ4v) is 5.39. The van der Waals surface area contributed by atoms with Crippen LogP contribution in [0.15, 0.2) is 12.1 Å². The molecule has 1 aromatic rings. The van der Waals surface area contributed by atoms with Crippen LogP contribution in [0.2, 0.25) is 0 Å². The van der Waals surface area contributed by atoms with Crippen LogP contribution in [-0.4, -0.2) is 79.6 Å². The summed E-state index contributed by atoms with van der Waals surface area (Å²) in [5.74, 6) is 0.152. The molecule has 1 aliphatic carbocycles. The molecule has 0 aromatic carbocycles. The number of hydrogen-bond donors (Lipinski definition) is 3. The van der Waals surface area contributed by atoms with Crippen LogP contribution in [0.3, 0.4) is 0 Å². The van der Waals surface area contributed by atoms with Gasteiger partial charge < -0.3 is 20.9 Å². The topological polar surface area (TPSA) is 89.6 Å². The SMILES string of the molecule is CCC1NC2CCC(CN3CCN(c4ccc(C(=O)NC)nc4C(F)F)CC3)CC2NC1=O. The van der Waals surface area contributed by atoms with E-state index in [0.717, 1.165) is 45.3 Å². The molecular formula is C23H34F2N6O2. The number of aromatic nitrogens is 1. The Morgan fingerprint density at radius 3 is 2.64 bits per heavy atom. The first-order valence-electron chi connectivity index (χ1n) is 11.9. The largest absolute Gasteiger partial charge is 0.367 e. The Kier molecular flexibility index (Phi) is 7.43. The fourth-order valence-electron chi connectivity index (χ4n) is 5.39. The maximum Gasteiger partial charge on any atom is 0.282 e. The first kappa shape index (κ1) is 23.8. The quantitative estimate of drug-likeness (QED) is 0.592. The Morgan fingerprint density at radius 2 is 1.97 bits per heavy atom. The summed E-state index contributed by atoms with van der Waals surface area (Å²) < 4.78 is 27.3. The molecule has 2 aliphatic heterocycles. The van der Waals surface area contributed by atoms with Gasteiger partial charge in [-0.25, -0.2) is 13.8 Å². The molecule has 3 N–H and O–H groups in total. The van der Waals surface area contributed by atoms with Crippen LogP contribution in [0.4, 0.5) is 14.5 Å². The number of carbonyl (C=O) groups excluding carboxylic acids is 2. The second kappa shape index (κ2) is 10.3. The highest BCUT2D eigenvalue weighted by molar-refractivity contribution is 5.92. The monoisotopic (exact) mass is 464 g/mol. The summed E-state index contributed by atoms with van der Waals surface area (Å²) in [4.78, 5) is 32.3. The highest BCUT2D eigenvalue weighted by atomic mass is 19.3.